The Morgan fingerprint density at radius 1 is 1.20 bits per heavy atom. The van der Waals surface area contributed by atoms with Crippen LogP contribution in [0.4, 0.5) is 5.69 Å². The van der Waals surface area contributed by atoms with Gasteiger partial charge in [-0.15, -0.1) is 0 Å². The molecule has 1 aromatic heterocycles. The van der Waals surface area contributed by atoms with Crippen LogP contribution < -0.4 is 5.32 Å². The number of amides is 1. The zero-order chi connectivity index (χ0) is 17.9. The molecule has 1 atom stereocenters. The number of aromatic nitrogens is 1. The van der Waals surface area contributed by atoms with Crippen molar-refractivity contribution in [2.24, 2.45) is 0 Å². The molecule has 1 aromatic carbocycles. The molecule has 3 rings (SSSR count). The van der Waals surface area contributed by atoms with E-state index in [2.05, 4.69) is 10.3 Å². The number of anilines is 1. The number of hydrogen-bond acceptors (Lipinski definition) is 5. The third-order valence-corrected chi connectivity index (χ3v) is 5.78. The Kier molecular flexibility index (Phi) is 5.12. The Hall–Kier alpha value is -2.29. The first kappa shape index (κ1) is 17.5. The van der Waals surface area contributed by atoms with Gasteiger partial charge in [-0.1, -0.05) is 0 Å². The van der Waals surface area contributed by atoms with Gasteiger partial charge in [-0.25, -0.2) is 8.42 Å². The van der Waals surface area contributed by atoms with Crippen LogP contribution in [0.15, 0.2) is 53.7 Å². The quantitative estimate of drug-likeness (QED) is 0.896. The fourth-order valence-corrected chi connectivity index (χ4v) is 4.07. The molecule has 1 fully saturated rings. The van der Waals surface area contributed by atoms with Crippen molar-refractivity contribution in [1.29, 1.82) is 0 Å². The van der Waals surface area contributed by atoms with Crippen molar-refractivity contribution in [3.63, 3.8) is 0 Å². The summed E-state index contributed by atoms with van der Waals surface area (Å²) < 4.78 is 32.1. The molecule has 1 aliphatic rings. The van der Waals surface area contributed by atoms with Crippen LogP contribution in [0.1, 0.15) is 17.3 Å². The highest BCUT2D eigenvalue weighted by molar-refractivity contribution is 7.89. The van der Waals surface area contributed by atoms with Gasteiger partial charge in [0.15, 0.2) is 0 Å². The fraction of sp³-hybridized carbons (Fsp3) is 0.294. The minimum absolute atomic E-state index is 0.123. The zero-order valence-electron chi connectivity index (χ0n) is 13.8. The summed E-state index contributed by atoms with van der Waals surface area (Å²) in [6.45, 7) is 2.91. The third kappa shape index (κ3) is 4.04. The molecule has 0 saturated carbocycles. The van der Waals surface area contributed by atoms with Gasteiger partial charge in [-0.3, -0.25) is 9.78 Å². The Bertz CT molecular complexity index is 838. The maximum Gasteiger partial charge on any atom is 0.255 e. The summed E-state index contributed by atoms with van der Waals surface area (Å²) in [7, 11) is -3.56. The standard InChI is InChI=1S/C17H19N3O4S/c1-13-12-20(10-11-24-13)25(22,23)16-4-2-15(3-5-16)19-17(21)14-6-8-18-9-7-14/h2-9,13H,10-12H2,1H3,(H,19,21). The van der Waals surface area contributed by atoms with E-state index in [-0.39, 0.29) is 16.9 Å². The molecule has 0 bridgehead atoms. The van der Waals surface area contributed by atoms with E-state index in [9.17, 15) is 13.2 Å². The minimum atomic E-state index is -3.56. The van der Waals surface area contributed by atoms with Crippen LogP contribution in [0, 0.1) is 0 Å². The Labute approximate surface area is 146 Å². The van der Waals surface area contributed by atoms with E-state index in [1.54, 1.807) is 24.3 Å². The number of morpholine rings is 1. The largest absolute Gasteiger partial charge is 0.376 e. The number of ether oxygens (including phenoxy) is 1. The van der Waals surface area contributed by atoms with Crippen molar-refractivity contribution < 1.29 is 17.9 Å². The van der Waals surface area contributed by atoms with E-state index in [0.29, 0.717) is 30.9 Å². The molecular formula is C17H19N3O4S. The lowest BCUT2D eigenvalue weighted by molar-refractivity contribution is 0.0102. The average Bonchev–Trinajstić information content (AvgIpc) is 2.63. The van der Waals surface area contributed by atoms with Crippen molar-refractivity contribution in [3.05, 3.63) is 54.4 Å². The summed E-state index contributed by atoms with van der Waals surface area (Å²) >= 11 is 0. The molecular weight excluding hydrogens is 342 g/mol. The molecule has 0 spiro atoms. The Morgan fingerprint density at radius 2 is 1.88 bits per heavy atom. The van der Waals surface area contributed by atoms with E-state index >= 15 is 0 Å². The maximum atomic E-state index is 12.7. The fourth-order valence-electron chi connectivity index (χ4n) is 2.57. The first-order valence-corrected chi connectivity index (χ1v) is 9.34. The highest BCUT2D eigenvalue weighted by Crippen LogP contribution is 2.21. The second kappa shape index (κ2) is 7.30. The summed E-state index contributed by atoms with van der Waals surface area (Å²) in [4.78, 5) is 16.2. The summed E-state index contributed by atoms with van der Waals surface area (Å²) in [5.74, 6) is -0.278. The van der Waals surface area contributed by atoms with Crippen molar-refractivity contribution in [1.82, 2.24) is 9.29 Å². The number of hydrogen-bond donors (Lipinski definition) is 1. The monoisotopic (exact) mass is 361 g/mol. The molecule has 1 aliphatic heterocycles. The number of nitrogens with zero attached hydrogens (tertiary/aromatic N) is 2. The average molecular weight is 361 g/mol. The third-order valence-electron chi connectivity index (χ3n) is 3.90. The summed E-state index contributed by atoms with van der Waals surface area (Å²) in [5.41, 5.74) is 1.00. The van der Waals surface area contributed by atoms with Crippen LogP contribution in [0.5, 0.6) is 0 Å². The lowest BCUT2D eigenvalue weighted by atomic mass is 10.2. The second-order valence-corrected chi connectivity index (χ2v) is 7.70. The number of sulfonamides is 1. The van der Waals surface area contributed by atoms with Gasteiger partial charge in [0.2, 0.25) is 10.0 Å². The van der Waals surface area contributed by atoms with E-state index in [4.69, 9.17) is 4.74 Å². The summed E-state index contributed by atoms with van der Waals surface area (Å²) in [5, 5.41) is 2.73. The van der Waals surface area contributed by atoms with Crippen LogP contribution in [-0.4, -0.2) is 49.4 Å². The van der Waals surface area contributed by atoms with Crippen LogP contribution in [0.2, 0.25) is 0 Å². The first-order chi connectivity index (χ1) is 12.0. The SMILES string of the molecule is CC1CN(S(=O)(=O)c2ccc(NC(=O)c3ccncc3)cc2)CCO1. The van der Waals surface area contributed by atoms with Crippen molar-refractivity contribution >= 4 is 21.6 Å². The predicted octanol–water partition coefficient (Wildman–Crippen LogP) is 1.74. The predicted molar refractivity (Wildman–Crippen MR) is 92.8 cm³/mol. The molecule has 132 valence electrons. The zero-order valence-corrected chi connectivity index (χ0v) is 14.6. The van der Waals surface area contributed by atoms with Gasteiger partial charge in [0, 0.05) is 36.7 Å². The first-order valence-electron chi connectivity index (χ1n) is 7.90. The van der Waals surface area contributed by atoms with Crippen LogP contribution in [0.3, 0.4) is 0 Å². The second-order valence-electron chi connectivity index (χ2n) is 5.76. The van der Waals surface area contributed by atoms with Gasteiger partial charge in [0.1, 0.15) is 0 Å². The number of pyridine rings is 1. The Balaban J connectivity index is 1.72. The van der Waals surface area contributed by atoms with E-state index in [0.717, 1.165) is 0 Å². The molecule has 1 amide bonds. The number of benzene rings is 1. The highest BCUT2D eigenvalue weighted by atomic mass is 32.2. The number of rotatable bonds is 4. The van der Waals surface area contributed by atoms with Crippen molar-refractivity contribution in [2.75, 3.05) is 25.0 Å². The normalized spacial score (nSPS) is 18.7. The molecule has 1 unspecified atom stereocenters. The molecule has 0 radical (unpaired) electrons. The van der Waals surface area contributed by atoms with E-state index in [1.165, 1.54) is 28.8 Å². The summed E-state index contributed by atoms with van der Waals surface area (Å²) in [6, 6.07) is 9.36. The molecule has 2 heterocycles. The maximum absolute atomic E-state index is 12.7. The van der Waals surface area contributed by atoms with Crippen LogP contribution in [-0.2, 0) is 14.8 Å². The molecule has 8 heteroatoms. The molecule has 1 N–H and O–H groups in total. The molecule has 1 saturated heterocycles. The highest BCUT2D eigenvalue weighted by Gasteiger charge is 2.29. The van der Waals surface area contributed by atoms with Gasteiger partial charge in [-0.05, 0) is 43.3 Å². The van der Waals surface area contributed by atoms with E-state index in [1.807, 2.05) is 6.92 Å². The van der Waals surface area contributed by atoms with E-state index < -0.39 is 10.0 Å². The topological polar surface area (TPSA) is 88.6 Å². The van der Waals surface area contributed by atoms with Gasteiger partial charge >= 0.3 is 0 Å². The minimum Gasteiger partial charge on any atom is -0.376 e. The van der Waals surface area contributed by atoms with Crippen molar-refractivity contribution in [2.45, 2.75) is 17.9 Å². The number of carbonyl (C=O) groups is 1. The van der Waals surface area contributed by atoms with Crippen molar-refractivity contribution in [3.8, 4) is 0 Å². The molecule has 0 aliphatic carbocycles. The van der Waals surface area contributed by atoms with Gasteiger partial charge < -0.3 is 10.1 Å². The lowest BCUT2D eigenvalue weighted by Gasteiger charge is -2.30. The lowest BCUT2D eigenvalue weighted by Crippen LogP contribution is -2.44. The van der Waals surface area contributed by atoms with Crippen LogP contribution >= 0.6 is 0 Å². The number of carbonyl (C=O) groups excluding carboxylic acids is 1. The molecule has 2 aromatic rings. The van der Waals surface area contributed by atoms with Crippen LogP contribution in [0.25, 0.3) is 0 Å². The van der Waals surface area contributed by atoms with Gasteiger partial charge in [0.05, 0.1) is 17.6 Å². The van der Waals surface area contributed by atoms with Gasteiger partial charge in [-0.2, -0.15) is 4.31 Å². The summed E-state index contributed by atoms with van der Waals surface area (Å²) in [6.07, 6.45) is 2.95. The molecule has 7 nitrogen and oxygen atoms in total. The molecule has 25 heavy (non-hydrogen) atoms. The van der Waals surface area contributed by atoms with Gasteiger partial charge in [0.25, 0.3) is 5.91 Å². The number of nitrogens with one attached hydrogen (secondary N) is 1. The Morgan fingerprint density at radius 3 is 2.52 bits per heavy atom. The smallest absolute Gasteiger partial charge is 0.255 e.